The van der Waals surface area contributed by atoms with Crippen LogP contribution in [0.3, 0.4) is 0 Å². The summed E-state index contributed by atoms with van der Waals surface area (Å²) in [5.74, 6) is -6.13. The van der Waals surface area contributed by atoms with Gasteiger partial charge in [0, 0.05) is 59.6 Å². The van der Waals surface area contributed by atoms with Gasteiger partial charge in [-0.2, -0.15) is 0 Å². The average molecular weight is 1450 g/mol. The minimum Gasteiger partial charge on any atom is -0.496 e. The van der Waals surface area contributed by atoms with Crippen molar-refractivity contribution in [3.8, 4) is 61.8 Å². The van der Waals surface area contributed by atoms with Crippen LogP contribution in [0.1, 0.15) is 137 Å². The molecular formula is C88H71NO19. The molecule has 10 aromatic carbocycles. The van der Waals surface area contributed by atoms with E-state index < -0.39 is 138 Å². The third-order valence-electron chi connectivity index (χ3n) is 22.2. The highest BCUT2D eigenvalue weighted by atomic mass is 16.8. The molecule has 0 aromatic heterocycles. The summed E-state index contributed by atoms with van der Waals surface area (Å²) in [6.45, 7) is -0.535. The topological polar surface area (TPSA) is 253 Å². The van der Waals surface area contributed by atoms with Crippen molar-refractivity contribution in [3.05, 3.63) is 290 Å². The van der Waals surface area contributed by atoms with Crippen LogP contribution in [-0.4, -0.2) is 124 Å². The van der Waals surface area contributed by atoms with Crippen molar-refractivity contribution in [2.45, 2.75) is 86.1 Å². The van der Waals surface area contributed by atoms with Gasteiger partial charge in [0.05, 0.1) is 42.0 Å². The predicted molar refractivity (Wildman–Crippen MR) is 393 cm³/mol. The number of Topliss-reactive ketones (excluding diaryl/α,β-unsaturated/α-hetero) is 1. The van der Waals surface area contributed by atoms with E-state index in [1.165, 1.54) is 25.3 Å². The fourth-order valence-corrected chi connectivity index (χ4v) is 17.4. The summed E-state index contributed by atoms with van der Waals surface area (Å²) >= 11 is 0. The van der Waals surface area contributed by atoms with Gasteiger partial charge in [-0.3, -0.25) is 14.4 Å². The van der Waals surface area contributed by atoms with E-state index in [-0.39, 0.29) is 66.8 Å². The summed E-state index contributed by atoms with van der Waals surface area (Å²) in [4.78, 5) is 107. The number of benzene rings is 10. The monoisotopic (exact) mass is 1450 g/mol. The maximum absolute atomic E-state index is 16.1. The largest absolute Gasteiger partial charge is 0.513 e. The zero-order valence-corrected chi connectivity index (χ0v) is 58.9. The van der Waals surface area contributed by atoms with Gasteiger partial charge in [-0.05, 0) is 109 Å². The van der Waals surface area contributed by atoms with E-state index >= 15 is 28.8 Å². The van der Waals surface area contributed by atoms with E-state index in [1.807, 2.05) is 194 Å². The second-order valence-corrected chi connectivity index (χ2v) is 27.9. The fraction of sp³-hybridized carbons (Fsp3) is 0.239. The Morgan fingerprint density at radius 1 is 0.472 bits per heavy atom. The fourth-order valence-electron chi connectivity index (χ4n) is 17.4. The third-order valence-corrected chi connectivity index (χ3v) is 22.2. The number of rotatable bonds is 18. The Hall–Kier alpha value is -12.1. The van der Waals surface area contributed by atoms with E-state index in [0.29, 0.717) is 0 Å². The van der Waals surface area contributed by atoms with Crippen LogP contribution in [0.15, 0.2) is 212 Å². The summed E-state index contributed by atoms with van der Waals surface area (Å²) in [7, 11) is 2.95. The number of ether oxygens (including phenoxy) is 11. The first-order valence-corrected chi connectivity index (χ1v) is 36.0. The van der Waals surface area contributed by atoms with Gasteiger partial charge in [-0.15, -0.1) is 0 Å². The maximum Gasteiger partial charge on any atom is 0.513 e. The summed E-state index contributed by atoms with van der Waals surface area (Å²) in [6.07, 6.45) is -12.1. The second-order valence-electron chi connectivity index (χ2n) is 27.9. The molecule has 0 bridgehead atoms. The number of nitrogens with one attached hydrogen (secondary N) is 1. The molecule has 0 spiro atoms. The van der Waals surface area contributed by atoms with Crippen LogP contribution in [0.5, 0.6) is 17.2 Å². The zero-order valence-electron chi connectivity index (χ0n) is 58.9. The normalized spacial score (nSPS) is 19.6. The highest BCUT2D eigenvalue weighted by Crippen LogP contribution is 2.56. The highest BCUT2D eigenvalue weighted by molar-refractivity contribution is 6.32. The SMILES string of the molecule is CNC1CC(OC2CC(OC(=O)OCC3c4ccccc4-c4ccccc43)(C(=O)CO)Cc3c(OC(=O)OCC4c5ccccc5-c5ccccc54)c4c(c(OC(=O)OCC5c6ccccc6-c6ccccc65)c32)C(=O)c2c(OC)cccc2C4=O)OC(C)C1OC(=O)OCC1c2ccccc2-c2ccccc21. The molecule has 6 aliphatic carbocycles. The highest BCUT2D eigenvalue weighted by Gasteiger charge is 2.56. The summed E-state index contributed by atoms with van der Waals surface area (Å²) in [5.41, 5.74) is 9.88. The Morgan fingerprint density at radius 2 is 0.852 bits per heavy atom. The number of aliphatic hydroxyl groups excluding tert-OH is 1. The van der Waals surface area contributed by atoms with Crippen LogP contribution in [0.4, 0.5) is 19.2 Å². The number of hydrogen-bond donors (Lipinski definition) is 2. The van der Waals surface area contributed by atoms with Crippen molar-refractivity contribution >= 4 is 42.0 Å². The van der Waals surface area contributed by atoms with Crippen LogP contribution >= 0.6 is 0 Å². The second kappa shape index (κ2) is 28.3. The van der Waals surface area contributed by atoms with Gasteiger partial charge in [0.2, 0.25) is 11.6 Å². The Balaban J connectivity index is 0.775. The Kier molecular flexibility index (Phi) is 18.1. The molecule has 0 saturated carbocycles. The lowest BCUT2D eigenvalue weighted by Crippen LogP contribution is -2.56. The average Bonchev–Trinajstić information content (AvgIpc) is 1.00. The van der Waals surface area contributed by atoms with Crippen LogP contribution in [0.2, 0.25) is 0 Å². The zero-order chi connectivity index (χ0) is 74.1. The molecular weight excluding hydrogens is 1370 g/mol. The lowest BCUT2D eigenvalue weighted by Gasteiger charge is -2.44. The van der Waals surface area contributed by atoms with Gasteiger partial charge < -0.3 is 62.5 Å². The van der Waals surface area contributed by atoms with Crippen LogP contribution in [-0.2, 0) is 49.1 Å². The number of fused-ring (bicyclic) bond motifs is 15. The van der Waals surface area contributed by atoms with Crippen molar-refractivity contribution in [1.29, 1.82) is 0 Å². The Labute approximate surface area is 620 Å². The lowest BCUT2D eigenvalue weighted by atomic mass is 9.71. The maximum atomic E-state index is 16.1. The quantitative estimate of drug-likeness (QED) is 0.0460. The predicted octanol–water partition coefficient (Wildman–Crippen LogP) is 15.5. The van der Waals surface area contributed by atoms with Crippen molar-refractivity contribution in [3.63, 3.8) is 0 Å². The number of carbonyl (C=O) groups is 7. The summed E-state index contributed by atoms with van der Waals surface area (Å²) < 4.78 is 69.4. The Bertz CT molecular complexity index is 5170. The molecule has 1 aliphatic heterocycles. The number of ketones is 3. The van der Waals surface area contributed by atoms with Gasteiger partial charge >= 0.3 is 24.6 Å². The van der Waals surface area contributed by atoms with Gasteiger partial charge in [0.15, 0.2) is 23.4 Å². The van der Waals surface area contributed by atoms with Crippen LogP contribution < -0.4 is 19.5 Å². The molecule has 1 heterocycles. The molecule has 108 heavy (non-hydrogen) atoms. The van der Waals surface area contributed by atoms with Crippen molar-refractivity contribution in [2.24, 2.45) is 0 Å². The minimum atomic E-state index is -2.59. The van der Waals surface area contributed by atoms with Gasteiger partial charge in [-0.25, -0.2) is 19.2 Å². The van der Waals surface area contributed by atoms with Crippen molar-refractivity contribution < 1.29 is 90.8 Å². The Morgan fingerprint density at radius 3 is 1.26 bits per heavy atom. The van der Waals surface area contributed by atoms with E-state index in [4.69, 9.17) is 52.1 Å². The molecule has 1 fully saturated rings. The molecule has 0 amide bonds. The number of methoxy groups -OCH3 is 1. The number of likely N-dealkylation sites (N-methyl/N-ethyl adjacent to an activating group) is 1. The minimum absolute atomic E-state index is 0.0398. The molecule has 20 heteroatoms. The molecule has 542 valence electrons. The van der Waals surface area contributed by atoms with E-state index in [9.17, 15) is 9.90 Å². The lowest BCUT2D eigenvalue weighted by molar-refractivity contribution is -0.251. The number of carbonyl (C=O) groups excluding carboxylic acids is 7. The molecule has 20 nitrogen and oxygen atoms in total. The summed E-state index contributed by atoms with van der Waals surface area (Å²) in [5, 5.41) is 14.6. The smallest absolute Gasteiger partial charge is 0.496 e. The first-order chi connectivity index (χ1) is 52.7. The van der Waals surface area contributed by atoms with Crippen LogP contribution in [0, 0.1) is 0 Å². The molecule has 6 unspecified atom stereocenters. The van der Waals surface area contributed by atoms with Gasteiger partial charge in [-0.1, -0.05) is 206 Å². The van der Waals surface area contributed by atoms with E-state index in [0.717, 1.165) is 89.0 Å². The van der Waals surface area contributed by atoms with Crippen molar-refractivity contribution in [2.75, 3.05) is 47.2 Å². The molecule has 10 aromatic rings. The number of aliphatic hydroxyl groups is 1. The molecule has 17 rings (SSSR count). The van der Waals surface area contributed by atoms with Gasteiger partial charge in [0.1, 0.15) is 50.6 Å². The molecule has 2 N–H and O–H groups in total. The first kappa shape index (κ1) is 69.0. The van der Waals surface area contributed by atoms with Gasteiger partial charge in [0.25, 0.3) is 0 Å². The molecule has 7 aliphatic rings. The first-order valence-electron chi connectivity index (χ1n) is 36.0. The number of hydrogen-bond acceptors (Lipinski definition) is 20. The molecule has 1 saturated heterocycles. The summed E-state index contributed by atoms with van der Waals surface area (Å²) in [6, 6.07) is 65.5. The van der Waals surface area contributed by atoms with E-state index in [2.05, 4.69) is 5.32 Å². The van der Waals surface area contributed by atoms with Crippen LogP contribution in [0.25, 0.3) is 44.5 Å². The third kappa shape index (κ3) is 11.9. The van der Waals surface area contributed by atoms with Crippen molar-refractivity contribution in [1.82, 2.24) is 5.32 Å². The molecule has 0 radical (unpaired) electrons. The van der Waals surface area contributed by atoms with E-state index in [1.54, 1.807) is 14.0 Å². The standard InChI is InChI=1S/C88H71NO19/c1-47-81(105-84(94)99-43-66-56-29-12-4-21-48(56)49-22-5-13-30-57(49)66)70(89-2)39-74(103-47)104-72-41-88(73(91)42-90,108-87(97)102-46-69-62-35-18-10-27-54(62)55-28-11-19-36-63(55)69)40-65-76(72)83(107-86(96)101-45-68-60-33-16-8-25-52(60)53-26-9-17-34-61(53)68)78-77(79(92)64-37-20-38-71(98-3)75(64)80(78)93)82(65)106-85(95)100-44-67-58-31-14-6-23-50(58)51-24-7-15-32-59(51)67/h4-38,47,66-70,72,74,81,89-90H,39-46H2,1-3H3. The molecule has 6 atom stereocenters.